The van der Waals surface area contributed by atoms with Crippen LogP contribution in [0, 0.1) is 5.41 Å². The molecule has 0 aliphatic heterocycles. The van der Waals surface area contributed by atoms with Crippen molar-refractivity contribution in [3.8, 4) is 5.75 Å². The minimum atomic E-state index is -1.21. The number of hydrogen-bond acceptors (Lipinski definition) is 4. The van der Waals surface area contributed by atoms with E-state index in [1.165, 1.54) is 0 Å². The zero-order chi connectivity index (χ0) is 18.3. The summed E-state index contributed by atoms with van der Waals surface area (Å²) in [4.78, 5) is 28.9. The van der Waals surface area contributed by atoms with Gasteiger partial charge in [0.15, 0.2) is 0 Å². The van der Waals surface area contributed by atoms with Crippen molar-refractivity contribution < 1.29 is 14.3 Å². The normalized spacial score (nSPS) is 10.8. The molecule has 0 spiro atoms. The van der Waals surface area contributed by atoms with Gasteiger partial charge in [0.2, 0.25) is 11.8 Å². The van der Waals surface area contributed by atoms with Crippen molar-refractivity contribution >= 4 is 17.5 Å². The molecule has 6 nitrogen and oxygen atoms in total. The van der Waals surface area contributed by atoms with E-state index in [0.29, 0.717) is 18.8 Å². The van der Waals surface area contributed by atoms with E-state index in [-0.39, 0.29) is 11.8 Å². The number of carbonyl (C=O) groups is 2. The fourth-order valence-electron chi connectivity index (χ4n) is 2.10. The third-order valence-corrected chi connectivity index (χ3v) is 3.73. The summed E-state index contributed by atoms with van der Waals surface area (Å²) < 4.78 is 5.36. The molecule has 0 saturated carbocycles. The summed E-state index contributed by atoms with van der Waals surface area (Å²) in [6, 6.07) is 10.7. The fraction of sp³-hybridized carbons (Fsp3) is 0.316. The van der Waals surface area contributed by atoms with Gasteiger partial charge in [0.25, 0.3) is 0 Å². The zero-order valence-corrected chi connectivity index (χ0v) is 14.7. The molecule has 0 radical (unpaired) electrons. The van der Waals surface area contributed by atoms with Crippen molar-refractivity contribution in [1.82, 2.24) is 10.3 Å². The van der Waals surface area contributed by atoms with Gasteiger partial charge in [-0.15, -0.1) is 0 Å². The van der Waals surface area contributed by atoms with E-state index < -0.39 is 5.41 Å². The quantitative estimate of drug-likeness (QED) is 0.759. The maximum absolute atomic E-state index is 12.5. The van der Waals surface area contributed by atoms with Crippen LogP contribution in [0.3, 0.4) is 0 Å². The number of nitrogens with zero attached hydrogens (tertiary/aromatic N) is 1. The number of hydrogen-bond donors (Lipinski definition) is 2. The summed E-state index contributed by atoms with van der Waals surface area (Å²) in [5.41, 5.74) is 0.279. The minimum Gasteiger partial charge on any atom is -0.494 e. The van der Waals surface area contributed by atoms with Gasteiger partial charge < -0.3 is 15.4 Å². The summed E-state index contributed by atoms with van der Waals surface area (Å²) >= 11 is 0. The second kappa shape index (κ2) is 8.28. The second-order valence-corrected chi connectivity index (χ2v) is 6.08. The van der Waals surface area contributed by atoms with Crippen LogP contribution in [0.15, 0.2) is 48.8 Å². The molecule has 2 amide bonds. The van der Waals surface area contributed by atoms with Crippen LogP contribution < -0.4 is 15.4 Å². The Hall–Kier alpha value is -2.89. The van der Waals surface area contributed by atoms with Gasteiger partial charge in [-0.05, 0) is 56.7 Å². The number of ether oxygens (including phenoxy) is 1. The molecule has 0 atom stereocenters. The first kappa shape index (κ1) is 18.4. The van der Waals surface area contributed by atoms with E-state index in [9.17, 15) is 9.59 Å². The summed E-state index contributed by atoms with van der Waals surface area (Å²) in [5.74, 6) is 0.00843. The summed E-state index contributed by atoms with van der Waals surface area (Å²) in [6.45, 7) is 6.00. The van der Waals surface area contributed by atoms with Crippen molar-refractivity contribution in [1.29, 1.82) is 0 Å². The maximum Gasteiger partial charge on any atom is 0.239 e. The number of nitrogens with one attached hydrogen (secondary N) is 2. The molecule has 0 aliphatic rings. The average Bonchev–Trinajstić information content (AvgIpc) is 2.62. The van der Waals surface area contributed by atoms with Crippen LogP contribution in [-0.2, 0) is 16.1 Å². The largest absolute Gasteiger partial charge is 0.494 e. The lowest BCUT2D eigenvalue weighted by Gasteiger charge is -2.22. The molecule has 2 rings (SSSR count). The minimum absolute atomic E-state index is 0.326. The molecule has 0 unspecified atom stereocenters. The molecule has 1 aromatic carbocycles. The van der Waals surface area contributed by atoms with E-state index in [1.807, 2.05) is 13.0 Å². The molecule has 25 heavy (non-hydrogen) atoms. The maximum atomic E-state index is 12.5. The highest BCUT2D eigenvalue weighted by Gasteiger charge is 2.35. The zero-order valence-electron chi connectivity index (χ0n) is 14.7. The van der Waals surface area contributed by atoms with Gasteiger partial charge in [0.1, 0.15) is 11.2 Å². The Morgan fingerprint density at radius 1 is 1.12 bits per heavy atom. The Balaban J connectivity index is 1.94. The number of anilines is 1. The topological polar surface area (TPSA) is 80.3 Å². The van der Waals surface area contributed by atoms with Gasteiger partial charge in [0.05, 0.1) is 6.61 Å². The first-order valence-electron chi connectivity index (χ1n) is 8.15. The highest BCUT2D eigenvalue weighted by atomic mass is 16.5. The van der Waals surface area contributed by atoms with Crippen LogP contribution in [0.1, 0.15) is 26.3 Å². The van der Waals surface area contributed by atoms with Crippen molar-refractivity contribution in [2.45, 2.75) is 27.3 Å². The molecule has 2 aromatic rings. The first-order chi connectivity index (χ1) is 11.9. The summed E-state index contributed by atoms with van der Waals surface area (Å²) in [5, 5.41) is 5.53. The summed E-state index contributed by atoms with van der Waals surface area (Å²) in [7, 11) is 0. The molecule has 0 aliphatic carbocycles. The fourth-order valence-corrected chi connectivity index (χ4v) is 2.10. The van der Waals surface area contributed by atoms with Crippen LogP contribution >= 0.6 is 0 Å². The van der Waals surface area contributed by atoms with Crippen molar-refractivity contribution in [3.05, 3.63) is 54.4 Å². The van der Waals surface area contributed by atoms with Gasteiger partial charge in [-0.2, -0.15) is 0 Å². The van der Waals surface area contributed by atoms with Gasteiger partial charge in [0, 0.05) is 24.6 Å². The molecule has 6 heteroatoms. The molecular formula is C19H23N3O3. The third kappa shape index (κ3) is 5.04. The van der Waals surface area contributed by atoms with E-state index >= 15 is 0 Å². The highest BCUT2D eigenvalue weighted by Crippen LogP contribution is 2.21. The molecular weight excluding hydrogens is 318 g/mol. The van der Waals surface area contributed by atoms with Crippen molar-refractivity contribution in [2.24, 2.45) is 5.41 Å². The molecule has 1 heterocycles. The van der Waals surface area contributed by atoms with Crippen LogP contribution in [0.4, 0.5) is 5.69 Å². The SMILES string of the molecule is CCOc1ccc(NC(=O)C(C)(C)C(=O)NCc2cccnc2)cc1. The van der Waals surface area contributed by atoms with E-state index in [1.54, 1.807) is 56.6 Å². The highest BCUT2D eigenvalue weighted by molar-refractivity contribution is 6.09. The number of carbonyl (C=O) groups excluding carboxylic acids is 2. The average molecular weight is 341 g/mol. The molecule has 132 valence electrons. The van der Waals surface area contributed by atoms with Gasteiger partial charge in [-0.3, -0.25) is 14.6 Å². The Morgan fingerprint density at radius 3 is 2.44 bits per heavy atom. The molecule has 1 aromatic heterocycles. The summed E-state index contributed by atoms with van der Waals surface area (Å²) in [6.07, 6.45) is 3.34. The van der Waals surface area contributed by atoms with Crippen LogP contribution in [0.2, 0.25) is 0 Å². The number of rotatable bonds is 7. The van der Waals surface area contributed by atoms with Crippen LogP contribution in [0.5, 0.6) is 5.75 Å². The van der Waals surface area contributed by atoms with Crippen molar-refractivity contribution in [2.75, 3.05) is 11.9 Å². The second-order valence-electron chi connectivity index (χ2n) is 6.08. The lowest BCUT2D eigenvalue weighted by molar-refractivity contribution is -0.138. The van der Waals surface area contributed by atoms with Gasteiger partial charge >= 0.3 is 0 Å². The van der Waals surface area contributed by atoms with E-state index in [0.717, 1.165) is 11.3 Å². The van der Waals surface area contributed by atoms with Gasteiger partial charge in [-0.25, -0.2) is 0 Å². The Morgan fingerprint density at radius 2 is 1.84 bits per heavy atom. The molecule has 0 bridgehead atoms. The number of amides is 2. The van der Waals surface area contributed by atoms with Crippen molar-refractivity contribution in [3.63, 3.8) is 0 Å². The predicted molar refractivity (Wildman–Crippen MR) is 96.1 cm³/mol. The number of aromatic nitrogens is 1. The smallest absolute Gasteiger partial charge is 0.239 e. The monoisotopic (exact) mass is 341 g/mol. The Kier molecular flexibility index (Phi) is 6.11. The standard InChI is InChI=1S/C19H23N3O3/c1-4-25-16-9-7-15(8-10-16)22-18(24)19(2,3)17(23)21-13-14-6-5-11-20-12-14/h5-12H,4,13H2,1-3H3,(H,21,23)(H,22,24). The van der Waals surface area contributed by atoms with E-state index in [4.69, 9.17) is 4.74 Å². The molecule has 0 saturated heterocycles. The van der Waals surface area contributed by atoms with Crippen LogP contribution in [-0.4, -0.2) is 23.4 Å². The van der Waals surface area contributed by atoms with Crippen LogP contribution in [0.25, 0.3) is 0 Å². The van der Waals surface area contributed by atoms with E-state index in [2.05, 4.69) is 15.6 Å². The number of benzene rings is 1. The molecule has 2 N–H and O–H groups in total. The Labute approximate surface area is 147 Å². The lowest BCUT2D eigenvalue weighted by atomic mass is 9.91. The lowest BCUT2D eigenvalue weighted by Crippen LogP contribution is -2.44. The molecule has 0 fully saturated rings. The number of pyridine rings is 1. The van der Waals surface area contributed by atoms with Gasteiger partial charge in [-0.1, -0.05) is 6.07 Å². The third-order valence-electron chi connectivity index (χ3n) is 3.73. The predicted octanol–water partition coefficient (Wildman–Crippen LogP) is 2.76. The Bertz CT molecular complexity index is 712. The first-order valence-corrected chi connectivity index (χ1v) is 8.15.